The molecule has 0 bridgehead atoms. The van der Waals surface area contributed by atoms with Crippen LogP contribution in [0.3, 0.4) is 0 Å². The van der Waals surface area contributed by atoms with Gasteiger partial charge < -0.3 is 10.5 Å². The van der Waals surface area contributed by atoms with Crippen LogP contribution in [0.4, 0.5) is 5.95 Å². The molecule has 8 heteroatoms. The van der Waals surface area contributed by atoms with Crippen LogP contribution in [0.1, 0.15) is 18.1 Å². The number of nitrogen functional groups attached to an aromatic ring is 1. The minimum atomic E-state index is 0.0372. The molecule has 1 aromatic heterocycles. The SMILES string of the molecule is CC(=O)CSc1nc(N)nc(-c2c(Cl)cc3c4c(cccc24)COC3)n1. The third-order valence-electron chi connectivity index (χ3n) is 4.06. The van der Waals surface area contributed by atoms with E-state index in [1.54, 1.807) is 0 Å². The number of halogens is 1. The fourth-order valence-corrected chi connectivity index (χ4v) is 4.02. The molecular formula is C18H15ClN4O2S. The number of aromatic nitrogens is 3. The molecule has 0 unspecified atom stereocenters. The monoisotopic (exact) mass is 386 g/mol. The topological polar surface area (TPSA) is 91.0 Å². The molecule has 2 heterocycles. The summed E-state index contributed by atoms with van der Waals surface area (Å²) in [5, 5.41) is 3.02. The Hall–Kier alpha value is -2.22. The van der Waals surface area contributed by atoms with Gasteiger partial charge >= 0.3 is 0 Å². The highest BCUT2D eigenvalue weighted by atomic mass is 35.5. The van der Waals surface area contributed by atoms with Gasteiger partial charge in [0.2, 0.25) is 5.95 Å². The Morgan fingerprint density at radius 2 is 2.08 bits per heavy atom. The average molecular weight is 387 g/mol. The molecule has 0 saturated carbocycles. The van der Waals surface area contributed by atoms with Crippen molar-refractivity contribution in [1.82, 2.24) is 15.0 Å². The molecule has 1 aliphatic heterocycles. The van der Waals surface area contributed by atoms with Gasteiger partial charge in [0.15, 0.2) is 11.0 Å². The van der Waals surface area contributed by atoms with E-state index in [9.17, 15) is 4.79 Å². The number of rotatable bonds is 4. The number of hydrogen-bond acceptors (Lipinski definition) is 7. The number of thioether (sulfide) groups is 1. The van der Waals surface area contributed by atoms with E-state index in [1.807, 2.05) is 24.3 Å². The van der Waals surface area contributed by atoms with Crippen LogP contribution in [0, 0.1) is 0 Å². The predicted octanol–water partition coefficient (Wildman–Crippen LogP) is 3.64. The van der Waals surface area contributed by atoms with Crippen molar-refractivity contribution in [2.24, 2.45) is 0 Å². The summed E-state index contributed by atoms with van der Waals surface area (Å²) in [6.45, 7) is 2.60. The second-order valence-corrected chi connectivity index (χ2v) is 7.37. The van der Waals surface area contributed by atoms with Gasteiger partial charge in [0.25, 0.3) is 0 Å². The van der Waals surface area contributed by atoms with E-state index >= 15 is 0 Å². The van der Waals surface area contributed by atoms with Crippen LogP contribution in [0.15, 0.2) is 29.4 Å². The molecule has 26 heavy (non-hydrogen) atoms. The van der Waals surface area contributed by atoms with Crippen LogP contribution >= 0.6 is 23.4 Å². The molecule has 0 spiro atoms. The van der Waals surface area contributed by atoms with E-state index in [0.29, 0.717) is 34.8 Å². The maximum absolute atomic E-state index is 11.2. The second-order valence-electron chi connectivity index (χ2n) is 6.02. The van der Waals surface area contributed by atoms with Crippen molar-refractivity contribution in [2.45, 2.75) is 25.3 Å². The van der Waals surface area contributed by atoms with E-state index in [4.69, 9.17) is 22.1 Å². The molecule has 6 nitrogen and oxygen atoms in total. The van der Waals surface area contributed by atoms with Gasteiger partial charge in [0.05, 0.1) is 24.0 Å². The van der Waals surface area contributed by atoms with Crippen molar-refractivity contribution in [3.63, 3.8) is 0 Å². The van der Waals surface area contributed by atoms with E-state index in [2.05, 4.69) is 15.0 Å². The van der Waals surface area contributed by atoms with Crippen molar-refractivity contribution >= 4 is 45.9 Å². The number of nitrogens with two attached hydrogens (primary N) is 1. The molecule has 0 saturated heterocycles. The zero-order valence-electron chi connectivity index (χ0n) is 14.0. The minimum Gasteiger partial charge on any atom is -0.372 e. The third kappa shape index (κ3) is 3.13. The first-order valence-electron chi connectivity index (χ1n) is 7.98. The molecule has 2 N–H and O–H groups in total. The van der Waals surface area contributed by atoms with Crippen molar-refractivity contribution in [3.05, 3.63) is 40.4 Å². The number of carbonyl (C=O) groups is 1. The Morgan fingerprint density at radius 3 is 2.88 bits per heavy atom. The Morgan fingerprint density at radius 1 is 1.27 bits per heavy atom. The van der Waals surface area contributed by atoms with Gasteiger partial charge in [-0.1, -0.05) is 41.6 Å². The molecule has 0 radical (unpaired) electrons. The predicted molar refractivity (Wildman–Crippen MR) is 102 cm³/mol. The van der Waals surface area contributed by atoms with Crippen LogP contribution in [-0.4, -0.2) is 26.5 Å². The minimum absolute atomic E-state index is 0.0372. The summed E-state index contributed by atoms with van der Waals surface area (Å²) in [4.78, 5) is 24.1. The summed E-state index contributed by atoms with van der Waals surface area (Å²) in [6.07, 6.45) is 0. The van der Waals surface area contributed by atoms with Gasteiger partial charge in [-0.2, -0.15) is 9.97 Å². The summed E-state index contributed by atoms with van der Waals surface area (Å²) in [5.74, 6) is 0.817. The number of carbonyl (C=O) groups excluding carboxylic acids is 1. The van der Waals surface area contributed by atoms with Crippen LogP contribution < -0.4 is 5.73 Å². The van der Waals surface area contributed by atoms with Gasteiger partial charge in [-0.15, -0.1) is 0 Å². The Kier molecular flexibility index (Phi) is 4.52. The lowest BCUT2D eigenvalue weighted by Gasteiger charge is -2.20. The Bertz CT molecular complexity index is 1040. The Labute approximate surface area is 159 Å². The van der Waals surface area contributed by atoms with E-state index in [0.717, 1.165) is 21.9 Å². The maximum Gasteiger partial charge on any atom is 0.224 e. The number of anilines is 1. The molecule has 132 valence electrons. The molecule has 0 aliphatic carbocycles. The molecule has 1 aliphatic rings. The number of benzene rings is 2. The summed E-state index contributed by atoms with van der Waals surface area (Å²) < 4.78 is 5.62. The normalized spacial score (nSPS) is 13.2. The summed E-state index contributed by atoms with van der Waals surface area (Å²) in [5.41, 5.74) is 8.74. The lowest BCUT2D eigenvalue weighted by molar-refractivity contribution is -0.114. The number of ketones is 1. The largest absolute Gasteiger partial charge is 0.372 e. The van der Waals surface area contributed by atoms with Gasteiger partial charge in [-0.25, -0.2) is 4.98 Å². The first-order valence-corrected chi connectivity index (χ1v) is 9.34. The first-order chi connectivity index (χ1) is 12.5. The highest BCUT2D eigenvalue weighted by Gasteiger charge is 2.21. The summed E-state index contributed by atoms with van der Waals surface area (Å²) in [7, 11) is 0. The number of nitrogens with zero attached hydrogens (tertiary/aromatic N) is 3. The zero-order chi connectivity index (χ0) is 18.3. The van der Waals surface area contributed by atoms with Gasteiger partial charge in [-0.3, -0.25) is 4.79 Å². The van der Waals surface area contributed by atoms with Crippen molar-refractivity contribution in [2.75, 3.05) is 11.5 Å². The lowest BCUT2D eigenvalue weighted by Crippen LogP contribution is -2.07. The van der Waals surface area contributed by atoms with Gasteiger partial charge in [0.1, 0.15) is 5.78 Å². The Balaban J connectivity index is 1.91. The molecule has 3 aromatic rings. The first kappa shape index (κ1) is 17.2. The number of hydrogen-bond donors (Lipinski definition) is 1. The molecule has 0 amide bonds. The quantitative estimate of drug-likeness (QED) is 0.684. The van der Waals surface area contributed by atoms with E-state index in [1.165, 1.54) is 18.7 Å². The van der Waals surface area contributed by atoms with Crippen LogP contribution in [-0.2, 0) is 22.7 Å². The fourth-order valence-electron chi connectivity index (χ4n) is 3.06. The standard InChI is InChI=1S/C18H15ClN4O2S/c1-9(24)8-26-18-22-16(21-17(20)23-18)15-12-4-2-3-10-6-25-7-11(14(10)12)5-13(15)19/h2-5H,6-8H2,1H3,(H2,20,21,22,23). The number of Topliss-reactive ketones (excluding diaryl/α,β-unsaturated/α-hetero) is 1. The third-order valence-corrected chi connectivity index (χ3v) is 5.35. The van der Waals surface area contributed by atoms with Crippen molar-refractivity contribution in [1.29, 1.82) is 0 Å². The average Bonchev–Trinajstić information content (AvgIpc) is 2.60. The molecule has 0 fully saturated rings. The zero-order valence-corrected chi connectivity index (χ0v) is 15.5. The summed E-state index contributed by atoms with van der Waals surface area (Å²) >= 11 is 7.80. The highest BCUT2D eigenvalue weighted by molar-refractivity contribution is 7.99. The van der Waals surface area contributed by atoms with E-state index in [-0.39, 0.29) is 17.5 Å². The second kappa shape index (κ2) is 6.83. The van der Waals surface area contributed by atoms with Gasteiger partial charge in [-0.05, 0) is 34.9 Å². The molecular weight excluding hydrogens is 372 g/mol. The van der Waals surface area contributed by atoms with Crippen LogP contribution in [0.2, 0.25) is 5.02 Å². The molecule has 0 atom stereocenters. The maximum atomic E-state index is 11.2. The summed E-state index contributed by atoms with van der Waals surface area (Å²) in [6, 6.07) is 7.89. The van der Waals surface area contributed by atoms with Gasteiger partial charge in [0, 0.05) is 5.56 Å². The molecule has 2 aromatic carbocycles. The van der Waals surface area contributed by atoms with Crippen molar-refractivity contribution in [3.8, 4) is 11.4 Å². The highest BCUT2D eigenvalue weighted by Crippen LogP contribution is 2.39. The van der Waals surface area contributed by atoms with Crippen molar-refractivity contribution < 1.29 is 9.53 Å². The number of ether oxygens (including phenoxy) is 1. The lowest BCUT2D eigenvalue weighted by atomic mass is 9.94. The van der Waals surface area contributed by atoms with Crippen LogP contribution in [0.25, 0.3) is 22.2 Å². The smallest absolute Gasteiger partial charge is 0.224 e. The fraction of sp³-hybridized carbons (Fsp3) is 0.222. The van der Waals surface area contributed by atoms with E-state index < -0.39 is 0 Å². The van der Waals surface area contributed by atoms with Crippen LogP contribution in [0.5, 0.6) is 0 Å². The molecule has 4 rings (SSSR count).